The van der Waals surface area contributed by atoms with E-state index in [9.17, 15) is 8.78 Å². The molecule has 1 aromatic carbocycles. The van der Waals surface area contributed by atoms with E-state index in [-0.39, 0.29) is 12.0 Å². The molecule has 24 heavy (non-hydrogen) atoms. The second-order valence-corrected chi connectivity index (χ2v) is 6.46. The van der Waals surface area contributed by atoms with Crippen molar-refractivity contribution in [2.24, 2.45) is 12.0 Å². The van der Waals surface area contributed by atoms with Crippen LogP contribution in [0.5, 0.6) is 0 Å². The number of aryl methyl sites for hydroxylation is 1. The van der Waals surface area contributed by atoms with Gasteiger partial charge in [0, 0.05) is 49.6 Å². The van der Waals surface area contributed by atoms with E-state index < -0.39 is 11.6 Å². The number of hydrogen-bond acceptors (Lipinski definition) is 1. The van der Waals surface area contributed by atoms with Crippen LogP contribution >= 0.6 is 15.9 Å². The molecule has 0 unspecified atom stereocenters. The van der Waals surface area contributed by atoms with Crippen molar-refractivity contribution in [2.45, 2.75) is 13.0 Å². The summed E-state index contributed by atoms with van der Waals surface area (Å²) in [5.74, 6) is -0.369. The van der Waals surface area contributed by atoms with Crippen LogP contribution in [-0.4, -0.2) is 36.1 Å². The fourth-order valence-corrected chi connectivity index (χ4v) is 3.07. The van der Waals surface area contributed by atoms with Crippen LogP contribution < -0.4 is 5.32 Å². The molecule has 0 amide bonds. The number of guanidine groups is 1. The Bertz CT molecular complexity index is 707. The Morgan fingerprint density at radius 2 is 2.00 bits per heavy atom. The van der Waals surface area contributed by atoms with Crippen LogP contribution in [0.2, 0.25) is 0 Å². The van der Waals surface area contributed by atoms with Gasteiger partial charge in [0.05, 0.1) is 6.54 Å². The minimum atomic E-state index is -0.520. The summed E-state index contributed by atoms with van der Waals surface area (Å²) in [6.07, 6.45) is 2.24. The molecule has 4 nitrogen and oxygen atoms in total. The highest BCUT2D eigenvalue weighted by Crippen LogP contribution is 2.15. The molecule has 0 aliphatic rings. The van der Waals surface area contributed by atoms with E-state index in [4.69, 9.17) is 0 Å². The third-order valence-electron chi connectivity index (χ3n) is 3.77. The molecule has 0 bridgehead atoms. The predicted octanol–water partition coefficient (Wildman–Crippen LogP) is 3.32. The first-order chi connectivity index (χ1) is 11.4. The maximum atomic E-state index is 13.6. The van der Waals surface area contributed by atoms with Crippen molar-refractivity contribution in [1.29, 1.82) is 0 Å². The van der Waals surface area contributed by atoms with Gasteiger partial charge >= 0.3 is 0 Å². The molecule has 2 aromatic rings. The van der Waals surface area contributed by atoms with E-state index in [1.165, 1.54) is 18.2 Å². The summed E-state index contributed by atoms with van der Waals surface area (Å²) in [6, 6.07) is 5.95. The lowest BCUT2D eigenvalue weighted by Gasteiger charge is -2.22. The van der Waals surface area contributed by atoms with Gasteiger partial charge in [-0.05, 0) is 40.5 Å². The number of benzene rings is 1. The molecule has 0 atom stereocenters. The van der Waals surface area contributed by atoms with Crippen LogP contribution in [0.15, 0.2) is 39.9 Å². The van der Waals surface area contributed by atoms with Crippen molar-refractivity contribution < 1.29 is 8.78 Å². The summed E-state index contributed by atoms with van der Waals surface area (Å²) in [6.45, 7) is 1.06. The van der Waals surface area contributed by atoms with E-state index in [1.54, 1.807) is 7.05 Å². The Morgan fingerprint density at radius 3 is 2.54 bits per heavy atom. The summed E-state index contributed by atoms with van der Waals surface area (Å²) < 4.78 is 30.3. The Labute approximate surface area is 149 Å². The molecule has 2 rings (SSSR count). The molecular weight excluding hydrogens is 378 g/mol. The number of nitrogens with zero attached hydrogens (tertiary/aromatic N) is 3. The molecule has 130 valence electrons. The van der Waals surface area contributed by atoms with E-state index in [1.807, 2.05) is 35.8 Å². The fraction of sp³-hybridized carbons (Fsp3) is 0.353. The van der Waals surface area contributed by atoms with Crippen molar-refractivity contribution in [1.82, 2.24) is 14.8 Å². The van der Waals surface area contributed by atoms with Gasteiger partial charge in [0.25, 0.3) is 0 Å². The molecule has 1 heterocycles. The third kappa shape index (κ3) is 4.56. The largest absolute Gasteiger partial charge is 0.356 e. The zero-order valence-electron chi connectivity index (χ0n) is 14.0. The van der Waals surface area contributed by atoms with Crippen molar-refractivity contribution >= 4 is 21.9 Å². The lowest BCUT2D eigenvalue weighted by Crippen LogP contribution is -2.39. The van der Waals surface area contributed by atoms with E-state index >= 15 is 0 Å². The number of hydrogen-bond donors (Lipinski definition) is 1. The number of nitrogens with one attached hydrogen (secondary N) is 1. The summed E-state index contributed by atoms with van der Waals surface area (Å²) >= 11 is 3.45. The van der Waals surface area contributed by atoms with Crippen molar-refractivity contribution in [2.75, 3.05) is 20.6 Å². The quantitative estimate of drug-likeness (QED) is 0.618. The monoisotopic (exact) mass is 398 g/mol. The molecule has 0 spiro atoms. The number of halogens is 3. The van der Waals surface area contributed by atoms with Gasteiger partial charge in [0.1, 0.15) is 11.6 Å². The molecule has 1 aromatic heterocycles. The Balaban J connectivity index is 1.93. The smallest absolute Gasteiger partial charge is 0.193 e. The number of aliphatic imine (C=N–C) groups is 1. The molecular formula is C17H21BrF2N4. The molecule has 0 aliphatic heterocycles. The molecule has 0 fully saturated rings. The zero-order valence-corrected chi connectivity index (χ0v) is 15.6. The lowest BCUT2D eigenvalue weighted by atomic mass is 10.1. The van der Waals surface area contributed by atoms with E-state index in [2.05, 4.69) is 26.2 Å². The molecule has 0 aliphatic carbocycles. The van der Waals surface area contributed by atoms with Crippen molar-refractivity contribution in [3.05, 3.63) is 57.8 Å². The topological polar surface area (TPSA) is 32.6 Å². The van der Waals surface area contributed by atoms with Crippen molar-refractivity contribution in [3.63, 3.8) is 0 Å². The Hall–Kier alpha value is -1.89. The van der Waals surface area contributed by atoms with Gasteiger partial charge in [-0.3, -0.25) is 4.99 Å². The third-order valence-corrected chi connectivity index (χ3v) is 4.20. The Kier molecular flexibility index (Phi) is 6.36. The van der Waals surface area contributed by atoms with Gasteiger partial charge in [-0.25, -0.2) is 8.78 Å². The van der Waals surface area contributed by atoms with E-state index in [0.717, 1.165) is 10.2 Å². The van der Waals surface area contributed by atoms with Crippen LogP contribution in [0.25, 0.3) is 0 Å². The van der Waals surface area contributed by atoms with Gasteiger partial charge in [-0.1, -0.05) is 6.07 Å². The minimum Gasteiger partial charge on any atom is -0.356 e. The van der Waals surface area contributed by atoms with E-state index in [0.29, 0.717) is 19.0 Å². The highest BCUT2D eigenvalue weighted by Gasteiger charge is 2.11. The number of rotatable bonds is 5. The first-order valence-electron chi connectivity index (χ1n) is 7.57. The van der Waals surface area contributed by atoms with Crippen LogP contribution in [0.1, 0.15) is 11.3 Å². The summed E-state index contributed by atoms with van der Waals surface area (Å²) in [7, 11) is 5.58. The first kappa shape index (κ1) is 18.4. The molecule has 1 N–H and O–H groups in total. The second-order valence-electron chi connectivity index (χ2n) is 5.54. The maximum absolute atomic E-state index is 13.6. The Morgan fingerprint density at radius 1 is 1.33 bits per heavy atom. The lowest BCUT2D eigenvalue weighted by molar-refractivity contribution is 0.461. The fourth-order valence-electron chi connectivity index (χ4n) is 2.50. The first-order valence-corrected chi connectivity index (χ1v) is 8.37. The van der Waals surface area contributed by atoms with Crippen LogP contribution in [-0.2, 0) is 20.0 Å². The van der Waals surface area contributed by atoms with Crippen LogP contribution in [0.3, 0.4) is 0 Å². The van der Waals surface area contributed by atoms with Gasteiger partial charge in [0.15, 0.2) is 5.96 Å². The predicted molar refractivity (Wildman–Crippen MR) is 96.0 cm³/mol. The maximum Gasteiger partial charge on any atom is 0.193 e. The van der Waals surface area contributed by atoms with Gasteiger partial charge in [-0.15, -0.1) is 0 Å². The summed E-state index contributed by atoms with van der Waals surface area (Å²) in [5, 5.41) is 3.14. The second kappa shape index (κ2) is 8.28. The van der Waals surface area contributed by atoms with Gasteiger partial charge in [0.2, 0.25) is 0 Å². The van der Waals surface area contributed by atoms with Crippen LogP contribution in [0, 0.1) is 11.6 Å². The van der Waals surface area contributed by atoms with Crippen molar-refractivity contribution in [3.8, 4) is 0 Å². The highest BCUT2D eigenvalue weighted by molar-refractivity contribution is 9.10. The average molecular weight is 399 g/mol. The summed E-state index contributed by atoms with van der Waals surface area (Å²) in [5.41, 5.74) is 1.21. The molecule has 0 saturated carbocycles. The molecule has 7 heteroatoms. The highest BCUT2D eigenvalue weighted by atomic mass is 79.9. The number of aromatic nitrogens is 1. The normalized spacial score (nSPS) is 11.7. The van der Waals surface area contributed by atoms with Crippen LogP contribution in [0.4, 0.5) is 8.78 Å². The SMILES string of the molecule is CN=C(NCCc1c(F)cccc1F)N(C)Cc1cc(Br)cn1C. The molecule has 0 radical (unpaired) electrons. The van der Waals surface area contributed by atoms with Gasteiger partial charge < -0.3 is 14.8 Å². The standard InChI is InChI=1S/C17H21BrF2N4/c1-21-17(24(3)11-13-9-12(18)10-23(13)2)22-8-7-14-15(19)5-4-6-16(14)20/h4-6,9-10H,7-8,11H2,1-3H3,(H,21,22). The minimum absolute atomic E-state index is 0.0921. The zero-order chi connectivity index (χ0) is 17.7. The average Bonchev–Trinajstić information content (AvgIpc) is 2.83. The van der Waals surface area contributed by atoms with Gasteiger partial charge in [-0.2, -0.15) is 0 Å². The summed E-state index contributed by atoms with van der Waals surface area (Å²) in [4.78, 5) is 6.18. The molecule has 0 saturated heterocycles.